The van der Waals surface area contributed by atoms with E-state index in [0.717, 1.165) is 13.0 Å². The summed E-state index contributed by atoms with van der Waals surface area (Å²) < 4.78 is 0. The van der Waals surface area contributed by atoms with Crippen LogP contribution in [0.1, 0.15) is 37.5 Å². The predicted octanol–water partition coefficient (Wildman–Crippen LogP) is 4.04. The molecule has 1 atom stereocenters. The van der Waals surface area contributed by atoms with Crippen molar-refractivity contribution in [1.82, 2.24) is 5.32 Å². The molecule has 1 N–H and O–H groups in total. The van der Waals surface area contributed by atoms with E-state index in [2.05, 4.69) is 70.8 Å². The summed E-state index contributed by atoms with van der Waals surface area (Å²) in [4.78, 5) is 0. The van der Waals surface area contributed by atoms with Crippen LogP contribution in [-0.4, -0.2) is 12.6 Å². The van der Waals surface area contributed by atoms with Gasteiger partial charge in [-0.2, -0.15) is 0 Å². The largest absolute Gasteiger partial charge is 0.314 e. The lowest BCUT2D eigenvalue weighted by atomic mass is 9.82. The Hall–Kier alpha value is -1.08. The monoisotopic (exact) mass is 245 g/mol. The van der Waals surface area contributed by atoms with Crippen molar-refractivity contribution in [2.45, 2.75) is 47.1 Å². The van der Waals surface area contributed by atoms with Crippen molar-refractivity contribution in [3.63, 3.8) is 0 Å². The van der Waals surface area contributed by atoms with E-state index in [1.807, 2.05) is 0 Å². The van der Waals surface area contributed by atoms with Crippen molar-refractivity contribution in [3.05, 3.63) is 47.5 Å². The maximum atomic E-state index is 4.02. The molecule has 0 amide bonds. The van der Waals surface area contributed by atoms with E-state index in [1.165, 1.54) is 16.7 Å². The quantitative estimate of drug-likeness (QED) is 0.746. The van der Waals surface area contributed by atoms with E-state index in [4.69, 9.17) is 0 Å². The van der Waals surface area contributed by atoms with Crippen LogP contribution in [0.2, 0.25) is 0 Å². The predicted molar refractivity (Wildman–Crippen MR) is 81.1 cm³/mol. The minimum atomic E-state index is 0.114. The molecule has 0 aliphatic rings. The second kappa shape index (κ2) is 6.19. The molecule has 0 saturated carbocycles. The molecule has 0 heterocycles. The summed E-state index contributed by atoms with van der Waals surface area (Å²) >= 11 is 0. The fourth-order valence-corrected chi connectivity index (χ4v) is 2.07. The summed E-state index contributed by atoms with van der Waals surface area (Å²) in [6, 6.07) is 7.20. The summed E-state index contributed by atoms with van der Waals surface area (Å²) in [5, 5.41) is 3.52. The Morgan fingerprint density at radius 2 is 2.00 bits per heavy atom. The maximum Gasteiger partial charge on any atom is 0.00453 e. The first-order chi connectivity index (χ1) is 8.36. The number of aryl methyl sites for hydroxylation is 2. The van der Waals surface area contributed by atoms with Crippen LogP contribution in [0.25, 0.3) is 0 Å². The van der Waals surface area contributed by atoms with Gasteiger partial charge in [0.2, 0.25) is 0 Å². The fraction of sp³-hybridized carbons (Fsp3) is 0.529. The molecule has 1 nitrogen and oxygen atoms in total. The second-order valence-corrected chi connectivity index (χ2v) is 6.00. The molecule has 0 aliphatic heterocycles. The summed E-state index contributed by atoms with van der Waals surface area (Å²) in [6.07, 6.45) is 3.13. The van der Waals surface area contributed by atoms with Gasteiger partial charge in [-0.15, -0.1) is 6.58 Å². The van der Waals surface area contributed by atoms with Crippen LogP contribution in [0.4, 0.5) is 0 Å². The highest BCUT2D eigenvalue weighted by molar-refractivity contribution is 5.32. The van der Waals surface area contributed by atoms with Crippen molar-refractivity contribution in [2.75, 3.05) is 6.54 Å². The molecule has 0 saturated heterocycles. The topological polar surface area (TPSA) is 12.0 Å². The number of hydrogen-bond donors (Lipinski definition) is 1. The van der Waals surface area contributed by atoms with Gasteiger partial charge in [-0.25, -0.2) is 0 Å². The zero-order valence-electron chi connectivity index (χ0n) is 12.5. The van der Waals surface area contributed by atoms with Crippen molar-refractivity contribution in [3.8, 4) is 0 Å². The molecule has 100 valence electrons. The Morgan fingerprint density at radius 3 is 2.56 bits per heavy atom. The summed E-state index contributed by atoms with van der Waals surface area (Å²) in [6.45, 7) is 16.0. The highest BCUT2D eigenvalue weighted by Crippen LogP contribution is 2.25. The summed E-state index contributed by atoms with van der Waals surface area (Å²) in [5.74, 6) is 0. The molecule has 0 bridgehead atoms. The van der Waals surface area contributed by atoms with E-state index in [9.17, 15) is 0 Å². The van der Waals surface area contributed by atoms with Crippen LogP contribution < -0.4 is 5.32 Å². The van der Waals surface area contributed by atoms with Crippen molar-refractivity contribution >= 4 is 0 Å². The number of nitrogens with one attached hydrogen (secondary N) is 1. The molecule has 1 aromatic rings. The number of hydrogen-bond acceptors (Lipinski definition) is 1. The van der Waals surface area contributed by atoms with Crippen LogP contribution in [0.5, 0.6) is 0 Å². The van der Waals surface area contributed by atoms with E-state index >= 15 is 0 Å². The molecule has 1 unspecified atom stereocenters. The Balaban J connectivity index is 2.84. The van der Waals surface area contributed by atoms with Crippen molar-refractivity contribution < 1.29 is 0 Å². The highest BCUT2D eigenvalue weighted by atomic mass is 14.9. The molecule has 18 heavy (non-hydrogen) atoms. The van der Waals surface area contributed by atoms with Crippen LogP contribution in [-0.2, 0) is 6.42 Å². The molecular weight excluding hydrogens is 218 g/mol. The molecular formula is C17H27N. The highest BCUT2D eigenvalue weighted by Gasteiger charge is 2.21. The molecule has 1 aromatic carbocycles. The van der Waals surface area contributed by atoms with Crippen LogP contribution in [0.3, 0.4) is 0 Å². The minimum Gasteiger partial charge on any atom is -0.314 e. The van der Waals surface area contributed by atoms with E-state index in [0.29, 0.717) is 6.04 Å². The molecule has 0 aliphatic carbocycles. The van der Waals surface area contributed by atoms with Gasteiger partial charge in [0.25, 0.3) is 0 Å². The molecule has 0 spiro atoms. The normalized spacial score (nSPS) is 14.6. The fourth-order valence-electron chi connectivity index (χ4n) is 2.07. The molecule has 0 fully saturated rings. The van der Waals surface area contributed by atoms with Gasteiger partial charge in [-0.05, 0) is 31.4 Å². The SMILES string of the molecule is C=CC(C)(CNC(C)C)Cc1cc(C)ccc1C. The standard InChI is InChI=1S/C17H27N/c1-7-17(6,12-18-13(2)3)11-16-10-14(4)8-9-15(16)5/h7-10,13,18H,1,11-12H2,2-6H3. The van der Waals surface area contributed by atoms with Crippen molar-refractivity contribution in [1.29, 1.82) is 0 Å². The zero-order chi connectivity index (χ0) is 13.8. The molecule has 0 aromatic heterocycles. The third-order valence-corrected chi connectivity index (χ3v) is 3.51. The smallest absolute Gasteiger partial charge is 0.00453 e. The first kappa shape index (κ1) is 15.0. The first-order valence-corrected chi connectivity index (χ1v) is 6.79. The third-order valence-electron chi connectivity index (χ3n) is 3.51. The van der Waals surface area contributed by atoms with E-state index in [1.54, 1.807) is 0 Å². The lowest BCUT2D eigenvalue weighted by Crippen LogP contribution is -2.36. The third kappa shape index (κ3) is 4.30. The first-order valence-electron chi connectivity index (χ1n) is 6.79. The van der Waals surface area contributed by atoms with Crippen LogP contribution in [0.15, 0.2) is 30.9 Å². The average Bonchev–Trinajstić information content (AvgIpc) is 2.31. The number of rotatable bonds is 6. The Morgan fingerprint density at radius 1 is 1.33 bits per heavy atom. The molecule has 0 radical (unpaired) electrons. The number of benzene rings is 1. The molecule has 1 heteroatoms. The lowest BCUT2D eigenvalue weighted by Gasteiger charge is -2.28. The van der Waals surface area contributed by atoms with Gasteiger partial charge in [-0.1, -0.05) is 50.6 Å². The van der Waals surface area contributed by atoms with Gasteiger partial charge in [0.15, 0.2) is 0 Å². The Bertz CT molecular complexity index is 406. The van der Waals surface area contributed by atoms with Gasteiger partial charge < -0.3 is 5.32 Å². The van der Waals surface area contributed by atoms with Gasteiger partial charge in [0.05, 0.1) is 0 Å². The average molecular weight is 245 g/mol. The second-order valence-electron chi connectivity index (χ2n) is 6.00. The zero-order valence-corrected chi connectivity index (χ0v) is 12.5. The van der Waals surface area contributed by atoms with Crippen LogP contribution in [0, 0.1) is 19.3 Å². The van der Waals surface area contributed by atoms with Gasteiger partial charge in [-0.3, -0.25) is 0 Å². The molecule has 1 rings (SSSR count). The Kier molecular flexibility index (Phi) is 5.15. The summed E-state index contributed by atoms with van der Waals surface area (Å²) in [5.41, 5.74) is 4.25. The lowest BCUT2D eigenvalue weighted by molar-refractivity contribution is 0.373. The maximum absolute atomic E-state index is 4.02. The van der Waals surface area contributed by atoms with Gasteiger partial charge in [0.1, 0.15) is 0 Å². The summed E-state index contributed by atoms with van der Waals surface area (Å²) in [7, 11) is 0. The van der Waals surface area contributed by atoms with E-state index < -0.39 is 0 Å². The Labute approximate surface area is 112 Å². The van der Waals surface area contributed by atoms with Gasteiger partial charge >= 0.3 is 0 Å². The minimum absolute atomic E-state index is 0.114. The van der Waals surface area contributed by atoms with Crippen molar-refractivity contribution in [2.24, 2.45) is 5.41 Å². The van der Waals surface area contributed by atoms with Crippen LogP contribution >= 0.6 is 0 Å². The van der Waals surface area contributed by atoms with E-state index in [-0.39, 0.29) is 5.41 Å². The van der Waals surface area contributed by atoms with Gasteiger partial charge in [0, 0.05) is 18.0 Å².